The van der Waals surface area contributed by atoms with E-state index in [0.717, 1.165) is 21.6 Å². The molecule has 3 N–H and O–H groups in total. The van der Waals surface area contributed by atoms with E-state index in [1.807, 2.05) is 72.8 Å². The van der Waals surface area contributed by atoms with E-state index in [4.69, 9.17) is 9.47 Å². The lowest BCUT2D eigenvalue weighted by Crippen LogP contribution is -2.52. The zero-order valence-electron chi connectivity index (χ0n) is 22.6. The lowest BCUT2D eigenvalue weighted by Gasteiger charge is -2.35. The van der Waals surface area contributed by atoms with Gasteiger partial charge in [-0.3, -0.25) is 9.69 Å². The molecular weight excluding hydrogens is 526 g/mol. The fraction of sp³-hybridized carbons (Fsp3) is 0.290. The second-order valence-electron chi connectivity index (χ2n) is 9.69. The first-order valence-corrected chi connectivity index (χ1v) is 13.3. The summed E-state index contributed by atoms with van der Waals surface area (Å²) in [6.45, 7) is 0.0777. The van der Waals surface area contributed by atoms with Gasteiger partial charge >= 0.3 is 12.2 Å². The summed E-state index contributed by atoms with van der Waals surface area (Å²) in [5.41, 5.74) is 3.06. The fourth-order valence-corrected chi connectivity index (χ4v) is 5.01. The van der Waals surface area contributed by atoms with Crippen molar-refractivity contribution in [2.24, 2.45) is 0 Å². The minimum Gasteiger partial charge on any atom is -0.465 e. The predicted molar refractivity (Wildman–Crippen MR) is 152 cm³/mol. The largest absolute Gasteiger partial charge is 0.465 e. The van der Waals surface area contributed by atoms with Gasteiger partial charge < -0.3 is 30.0 Å². The number of alkyl carbamates (subject to hydrolysis) is 1. The first-order chi connectivity index (χ1) is 19.9. The van der Waals surface area contributed by atoms with Crippen LogP contribution in [-0.2, 0) is 25.5 Å². The van der Waals surface area contributed by atoms with E-state index in [9.17, 15) is 24.3 Å². The van der Waals surface area contributed by atoms with Crippen LogP contribution in [-0.4, -0.2) is 72.8 Å². The Bertz CT molecular complexity index is 1300. The van der Waals surface area contributed by atoms with E-state index in [0.29, 0.717) is 24.8 Å². The van der Waals surface area contributed by atoms with Crippen LogP contribution in [0.2, 0.25) is 0 Å². The maximum atomic E-state index is 13.9. The van der Waals surface area contributed by atoms with Crippen molar-refractivity contribution in [3.8, 4) is 0 Å². The van der Waals surface area contributed by atoms with E-state index in [2.05, 4.69) is 10.6 Å². The number of ether oxygens (including phenoxy) is 2. The van der Waals surface area contributed by atoms with Gasteiger partial charge in [0, 0.05) is 11.6 Å². The Kier molecular flexibility index (Phi) is 10.1. The minimum atomic E-state index is -1.17. The molecule has 214 valence electrons. The summed E-state index contributed by atoms with van der Waals surface area (Å²) in [5, 5.41) is 15.2. The number of anilines is 1. The molecule has 3 aromatic rings. The Hall–Kier alpha value is -4.70. The Morgan fingerprint density at radius 2 is 1.61 bits per heavy atom. The molecule has 3 aromatic carbocycles. The van der Waals surface area contributed by atoms with E-state index in [1.54, 1.807) is 12.1 Å². The van der Waals surface area contributed by atoms with Crippen LogP contribution < -0.4 is 10.6 Å². The van der Waals surface area contributed by atoms with Crippen LogP contribution in [0.5, 0.6) is 0 Å². The van der Waals surface area contributed by atoms with Gasteiger partial charge in [-0.1, -0.05) is 78.9 Å². The number of aldehydes is 1. The van der Waals surface area contributed by atoms with Crippen LogP contribution in [0.4, 0.5) is 15.3 Å². The number of nitrogens with one attached hydrogen (secondary N) is 2. The molecule has 0 bridgehead atoms. The van der Waals surface area contributed by atoms with Gasteiger partial charge in [0.25, 0.3) is 0 Å². The average Bonchev–Trinajstić information content (AvgIpc) is 3.01. The molecule has 1 aliphatic heterocycles. The molecule has 10 heteroatoms. The van der Waals surface area contributed by atoms with Gasteiger partial charge in [-0.05, 0) is 35.6 Å². The molecule has 41 heavy (non-hydrogen) atoms. The molecule has 1 aliphatic rings. The summed E-state index contributed by atoms with van der Waals surface area (Å²) in [6, 6.07) is 24.4. The minimum absolute atomic E-state index is 0.0000867. The number of hydrogen-bond acceptors (Lipinski definition) is 6. The van der Waals surface area contributed by atoms with Gasteiger partial charge in [0.05, 0.1) is 26.4 Å². The molecule has 0 unspecified atom stereocenters. The van der Waals surface area contributed by atoms with Crippen molar-refractivity contribution in [2.75, 3.05) is 25.6 Å². The summed E-state index contributed by atoms with van der Waals surface area (Å²) >= 11 is 0. The van der Waals surface area contributed by atoms with Gasteiger partial charge in [0.2, 0.25) is 5.91 Å². The van der Waals surface area contributed by atoms with Gasteiger partial charge in [-0.15, -0.1) is 0 Å². The first-order valence-electron chi connectivity index (χ1n) is 13.3. The molecule has 1 fully saturated rings. The highest BCUT2D eigenvalue weighted by Gasteiger charge is 2.34. The number of para-hydroxylation sites is 1. The predicted octanol–water partition coefficient (Wildman–Crippen LogP) is 4.06. The number of rotatable bonds is 10. The summed E-state index contributed by atoms with van der Waals surface area (Å²) in [6.07, 6.45) is -0.772. The maximum absolute atomic E-state index is 13.9. The number of morpholine rings is 1. The molecule has 0 aromatic heterocycles. The molecule has 0 spiro atoms. The van der Waals surface area contributed by atoms with Crippen molar-refractivity contribution in [2.45, 2.75) is 36.9 Å². The molecular formula is C31H33N3O7. The molecule has 1 heterocycles. The van der Waals surface area contributed by atoms with E-state index in [-0.39, 0.29) is 13.2 Å². The Morgan fingerprint density at radius 1 is 1.00 bits per heavy atom. The van der Waals surface area contributed by atoms with Gasteiger partial charge in [-0.2, -0.15) is 0 Å². The molecule has 3 amide bonds. The summed E-state index contributed by atoms with van der Waals surface area (Å²) in [4.78, 5) is 50.2. The third-order valence-electron chi connectivity index (χ3n) is 7.11. The van der Waals surface area contributed by atoms with Crippen LogP contribution in [0.3, 0.4) is 0 Å². The van der Waals surface area contributed by atoms with Crippen LogP contribution in [0.15, 0.2) is 84.9 Å². The van der Waals surface area contributed by atoms with Gasteiger partial charge in [0.1, 0.15) is 18.4 Å². The van der Waals surface area contributed by atoms with Crippen molar-refractivity contribution in [3.63, 3.8) is 0 Å². The zero-order valence-corrected chi connectivity index (χ0v) is 22.6. The molecule has 3 atom stereocenters. The van der Waals surface area contributed by atoms with Crippen LogP contribution in [0.25, 0.3) is 0 Å². The Balaban J connectivity index is 1.56. The Labute approximate surface area is 238 Å². The van der Waals surface area contributed by atoms with Crippen molar-refractivity contribution in [1.82, 2.24) is 10.2 Å². The smallest absolute Gasteiger partial charge is 0.408 e. The van der Waals surface area contributed by atoms with Crippen LogP contribution in [0, 0.1) is 0 Å². The number of carboxylic acid groups (broad SMARTS) is 1. The summed E-state index contributed by atoms with van der Waals surface area (Å²) < 4.78 is 10.6. The second-order valence-corrected chi connectivity index (χ2v) is 9.69. The van der Waals surface area contributed by atoms with Crippen LogP contribution in [0.1, 0.15) is 29.0 Å². The lowest BCUT2D eigenvalue weighted by molar-refractivity contribution is -0.121. The number of nitrogens with zero attached hydrogens (tertiary/aromatic N) is 1. The van der Waals surface area contributed by atoms with Crippen LogP contribution >= 0.6 is 0 Å². The monoisotopic (exact) mass is 559 g/mol. The number of amides is 3. The highest BCUT2D eigenvalue weighted by atomic mass is 16.5. The standard InChI is InChI=1S/C31H33N3O7/c1-40-30(37)33-28(27(22-11-4-2-5-12-22)23-13-6-3-7-14-23)29(36)32-26-15-9-8-10-21(26)16-17-25-18-34(31(38)39)24(19-35)20-41-25/h2-15,19,24-25,27-28H,16-18,20H2,1H3,(H,32,36)(H,33,37)(H,38,39)/t24-,25-,28+/m1/s1. The van der Waals surface area contributed by atoms with E-state index < -0.39 is 42.2 Å². The van der Waals surface area contributed by atoms with Crippen molar-refractivity contribution in [1.29, 1.82) is 0 Å². The van der Waals surface area contributed by atoms with E-state index >= 15 is 0 Å². The number of benzene rings is 3. The van der Waals surface area contributed by atoms with E-state index in [1.165, 1.54) is 7.11 Å². The number of aryl methyl sites for hydroxylation is 1. The number of methoxy groups -OCH3 is 1. The average molecular weight is 560 g/mol. The maximum Gasteiger partial charge on any atom is 0.408 e. The number of carbonyl (C=O) groups excluding carboxylic acids is 3. The Morgan fingerprint density at radius 3 is 2.20 bits per heavy atom. The third-order valence-corrected chi connectivity index (χ3v) is 7.11. The third kappa shape index (κ3) is 7.49. The molecule has 10 nitrogen and oxygen atoms in total. The quantitative estimate of drug-likeness (QED) is 0.319. The van der Waals surface area contributed by atoms with Gasteiger partial charge in [0.15, 0.2) is 0 Å². The summed E-state index contributed by atoms with van der Waals surface area (Å²) in [5.74, 6) is -0.938. The molecule has 0 aliphatic carbocycles. The summed E-state index contributed by atoms with van der Waals surface area (Å²) in [7, 11) is 1.25. The fourth-order valence-electron chi connectivity index (χ4n) is 5.01. The highest BCUT2D eigenvalue weighted by Crippen LogP contribution is 2.30. The lowest BCUT2D eigenvalue weighted by atomic mass is 9.84. The SMILES string of the molecule is COC(=O)N[C@H](C(=O)Nc1ccccc1CC[C@@H]1CN(C(=O)O)[C@H](C=O)CO1)C(c1ccccc1)c1ccccc1. The van der Waals surface area contributed by atoms with Crippen molar-refractivity contribution < 1.29 is 33.8 Å². The molecule has 0 radical (unpaired) electrons. The highest BCUT2D eigenvalue weighted by molar-refractivity contribution is 5.98. The first kappa shape index (κ1) is 29.3. The number of hydrogen-bond donors (Lipinski definition) is 3. The molecule has 0 saturated carbocycles. The second kappa shape index (κ2) is 14.1. The normalized spacial score (nSPS) is 17.4. The van der Waals surface area contributed by atoms with Crippen molar-refractivity contribution in [3.05, 3.63) is 102 Å². The zero-order chi connectivity index (χ0) is 29.2. The molecule has 1 saturated heterocycles. The topological polar surface area (TPSA) is 134 Å². The molecule has 4 rings (SSSR count). The van der Waals surface area contributed by atoms with Crippen molar-refractivity contribution >= 4 is 30.1 Å². The van der Waals surface area contributed by atoms with Gasteiger partial charge in [-0.25, -0.2) is 9.59 Å². The number of carbonyl (C=O) groups is 4.